The van der Waals surface area contributed by atoms with E-state index in [0.717, 1.165) is 0 Å². The highest BCUT2D eigenvalue weighted by Crippen LogP contribution is 2.19. The third kappa shape index (κ3) is 4.14. The van der Waals surface area contributed by atoms with Gasteiger partial charge in [0.05, 0.1) is 6.07 Å². The minimum Gasteiger partial charge on any atom is -0.481 e. The van der Waals surface area contributed by atoms with Crippen molar-refractivity contribution >= 4 is 17.5 Å². The minimum atomic E-state index is -0.830. The van der Waals surface area contributed by atoms with Crippen LogP contribution in [0.4, 0.5) is 0 Å². The van der Waals surface area contributed by atoms with E-state index in [1.807, 2.05) is 13.8 Å². The summed E-state index contributed by atoms with van der Waals surface area (Å²) in [7, 11) is 0. The summed E-state index contributed by atoms with van der Waals surface area (Å²) in [5.41, 5.74) is -0.830. The van der Waals surface area contributed by atoms with Crippen molar-refractivity contribution in [2.75, 3.05) is 0 Å². The molecule has 1 unspecified atom stereocenters. The molecule has 0 bridgehead atoms. The first-order chi connectivity index (χ1) is 9.46. The maximum Gasteiger partial charge on any atom is 0.262 e. The summed E-state index contributed by atoms with van der Waals surface area (Å²) in [6, 6.07) is 9.02. The molecule has 0 aliphatic carbocycles. The van der Waals surface area contributed by atoms with Gasteiger partial charge in [0.15, 0.2) is 6.10 Å². The molecule has 0 radical (unpaired) electrons. The second kappa shape index (κ2) is 7.16. The minimum absolute atomic E-state index is 0.310. The fraction of sp³-hybridized carbons (Fsp3) is 0.467. The summed E-state index contributed by atoms with van der Waals surface area (Å²) in [5, 5.41) is 12.5. The number of nitrogens with one attached hydrogen (secondary N) is 1. The highest BCUT2D eigenvalue weighted by molar-refractivity contribution is 6.30. The zero-order valence-corrected chi connectivity index (χ0v) is 12.7. The fourth-order valence-electron chi connectivity index (χ4n) is 1.75. The van der Waals surface area contributed by atoms with Gasteiger partial charge in [-0.15, -0.1) is 0 Å². The van der Waals surface area contributed by atoms with E-state index < -0.39 is 11.6 Å². The SMILES string of the molecule is CCC(C#N)(CC)NC(=O)C(C)Oc1cccc(Cl)c1. The zero-order valence-electron chi connectivity index (χ0n) is 11.9. The van der Waals surface area contributed by atoms with Crippen molar-refractivity contribution in [3.63, 3.8) is 0 Å². The van der Waals surface area contributed by atoms with E-state index in [0.29, 0.717) is 23.6 Å². The maximum atomic E-state index is 12.1. The second-order valence-corrected chi connectivity index (χ2v) is 5.04. The van der Waals surface area contributed by atoms with Crippen LogP contribution >= 0.6 is 11.6 Å². The number of rotatable bonds is 6. The predicted octanol–water partition coefficient (Wildman–Crippen LogP) is 3.31. The van der Waals surface area contributed by atoms with Gasteiger partial charge in [-0.25, -0.2) is 0 Å². The van der Waals surface area contributed by atoms with Crippen LogP contribution in [0.25, 0.3) is 0 Å². The molecular weight excluding hydrogens is 276 g/mol. The molecule has 20 heavy (non-hydrogen) atoms. The Bertz CT molecular complexity index is 507. The number of hydrogen-bond donors (Lipinski definition) is 1. The van der Waals surface area contributed by atoms with E-state index in [1.165, 1.54) is 0 Å². The first-order valence-corrected chi connectivity index (χ1v) is 6.99. The summed E-state index contributed by atoms with van der Waals surface area (Å²) in [4.78, 5) is 12.1. The maximum absolute atomic E-state index is 12.1. The molecule has 0 fully saturated rings. The lowest BCUT2D eigenvalue weighted by molar-refractivity contribution is -0.128. The van der Waals surface area contributed by atoms with E-state index in [1.54, 1.807) is 31.2 Å². The highest BCUT2D eigenvalue weighted by Gasteiger charge is 2.30. The van der Waals surface area contributed by atoms with E-state index in [-0.39, 0.29) is 5.91 Å². The zero-order chi connectivity index (χ0) is 15.2. The number of benzene rings is 1. The average molecular weight is 295 g/mol. The van der Waals surface area contributed by atoms with Crippen molar-refractivity contribution in [2.24, 2.45) is 0 Å². The Kier molecular flexibility index (Phi) is 5.84. The molecule has 0 spiro atoms. The van der Waals surface area contributed by atoms with Crippen LogP contribution in [0, 0.1) is 11.3 Å². The number of hydrogen-bond acceptors (Lipinski definition) is 3. The van der Waals surface area contributed by atoms with E-state index in [4.69, 9.17) is 16.3 Å². The molecule has 1 amide bonds. The van der Waals surface area contributed by atoms with Gasteiger partial charge in [-0.3, -0.25) is 4.79 Å². The van der Waals surface area contributed by atoms with E-state index >= 15 is 0 Å². The average Bonchev–Trinajstić information content (AvgIpc) is 2.44. The molecule has 0 saturated carbocycles. The third-order valence-corrected chi connectivity index (χ3v) is 3.50. The van der Waals surface area contributed by atoms with Gasteiger partial charge in [-0.1, -0.05) is 31.5 Å². The number of halogens is 1. The van der Waals surface area contributed by atoms with Gasteiger partial charge in [0.1, 0.15) is 11.3 Å². The van der Waals surface area contributed by atoms with Crippen molar-refractivity contribution < 1.29 is 9.53 Å². The molecule has 0 aliphatic rings. The lowest BCUT2D eigenvalue weighted by Crippen LogP contribution is -2.50. The van der Waals surface area contributed by atoms with Gasteiger partial charge in [-0.05, 0) is 38.0 Å². The molecule has 0 saturated heterocycles. The first kappa shape index (κ1) is 16.3. The predicted molar refractivity (Wildman–Crippen MR) is 78.6 cm³/mol. The summed E-state index contributed by atoms with van der Waals surface area (Å²) in [6.07, 6.45) is 0.407. The molecule has 5 heteroatoms. The van der Waals surface area contributed by atoms with Crippen LogP contribution in [0.2, 0.25) is 5.02 Å². The van der Waals surface area contributed by atoms with E-state index in [9.17, 15) is 10.1 Å². The van der Waals surface area contributed by atoms with Crippen molar-refractivity contribution in [3.05, 3.63) is 29.3 Å². The van der Waals surface area contributed by atoms with Crippen LogP contribution in [-0.2, 0) is 4.79 Å². The van der Waals surface area contributed by atoms with Crippen LogP contribution < -0.4 is 10.1 Å². The van der Waals surface area contributed by atoms with Crippen molar-refractivity contribution in [2.45, 2.75) is 45.3 Å². The highest BCUT2D eigenvalue weighted by atomic mass is 35.5. The van der Waals surface area contributed by atoms with Gasteiger partial charge < -0.3 is 10.1 Å². The largest absolute Gasteiger partial charge is 0.481 e. The molecule has 0 aromatic heterocycles. The molecule has 0 heterocycles. The summed E-state index contributed by atoms with van der Waals surface area (Å²) in [6.45, 7) is 5.38. The number of nitrogens with zero attached hydrogens (tertiary/aromatic N) is 1. The Labute approximate surface area is 124 Å². The molecule has 1 aromatic carbocycles. The Balaban J connectivity index is 2.71. The van der Waals surface area contributed by atoms with Crippen molar-refractivity contribution in [3.8, 4) is 11.8 Å². The molecule has 1 atom stereocenters. The normalized spacial score (nSPS) is 12.3. The number of amides is 1. The number of ether oxygens (including phenoxy) is 1. The Hall–Kier alpha value is -1.73. The van der Waals surface area contributed by atoms with Crippen LogP contribution in [0.15, 0.2) is 24.3 Å². The van der Waals surface area contributed by atoms with Crippen molar-refractivity contribution in [1.82, 2.24) is 5.32 Å². The summed E-state index contributed by atoms with van der Waals surface area (Å²) in [5.74, 6) is 0.214. The Morgan fingerprint density at radius 2 is 2.15 bits per heavy atom. The first-order valence-electron chi connectivity index (χ1n) is 6.62. The van der Waals surface area contributed by atoms with Crippen LogP contribution in [-0.4, -0.2) is 17.6 Å². The molecule has 108 valence electrons. The second-order valence-electron chi connectivity index (χ2n) is 4.61. The van der Waals surface area contributed by atoms with Gasteiger partial charge in [0.2, 0.25) is 0 Å². The Morgan fingerprint density at radius 3 is 2.65 bits per heavy atom. The summed E-state index contributed by atoms with van der Waals surface area (Å²) < 4.78 is 5.53. The number of carbonyl (C=O) groups is 1. The summed E-state index contributed by atoms with van der Waals surface area (Å²) >= 11 is 5.86. The van der Waals surface area contributed by atoms with Gasteiger partial charge in [0, 0.05) is 5.02 Å². The topological polar surface area (TPSA) is 62.1 Å². The standard InChI is InChI=1S/C15H19ClN2O2/c1-4-15(5-2,10-17)18-14(19)11(3)20-13-8-6-7-12(16)9-13/h6-9,11H,4-5H2,1-3H3,(H,18,19). The fourth-order valence-corrected chi connectivity index (χ4v) is 1.93. The lowest BCUT2D eigenvalue weighted by atomic mass is 9.94. The quantitative estimate of drug-likeness (QED) is 0.875. The smallest absolute Gasteiger partial charge is 0.262 e. The van der Waals surface area contributed by atoms with E-state index in [2.05, 4.69) is 11.4 Å². The molecule has 1 aromatic rings. The number of carbonyl (C=O) groups excluding carboxylic acids is 1. The van der Waals surface area contributed by atoms with Crippen LogP contribution in [0.5, 0.6) is 5.75 Å². The molecular formula is C15H19ClN2O2. The lowest BCUT2D eigenvalue weighted by Gasteiger charge is -2.26. The molecule has 4 nitrogen and oxygen atoms in total. The van der Waals surface area contributed by atoms with Crippen molar-refractivity contribution in [1.29, 1.82) is 5.26 Å². The van der Waals surface area contributed by atoms with Crippen LogP contribution in [0.3, 0.4) is 0 Å². The van der Waals surface area contributed by atoms with Gasteiger partial charge in [0.25, 0.3) is 5.91 Å². The molecule has 0 aliphatic heterocycles. The van der Waals surface area contributed by atoms with Gasteiger partial charge >= 0.3 is 0 Å². The third-order valence-electron chi connectivity index (χ3n) is 3.26. The van der Waals surface area contributed by atoms with Crippen LogP contribution in [0.1, 0.15) is 33.6 Å². The monoisotopic (exact) mass is 294 g/mol. The van der Waals surface area contributed by atoms with Gasteiger partial charge in [-0.2, -0.15) is 5.26 Å². The number of nitriles is 1. The molecule has 1 rings (SSSR count). The Morgan fingerprint density at radius 1 is 1.50 bits per heavy atom. The molecule has 1 N–H and O–H groups in total.